The van der Waals surface area contributed by atoms with E-state index >= 15 is 0 Å². The van der Waals surface area contributed by atoms with Crippen molar-refractivity contribution < 1.29 is 80.2 Å². The third-order valence-corrected chi connectivity index (χ3v) is 18.2. The fourth-order valence-electron chi connectivity index (χ4n) is 10.1. The van der Waals surface area contributed by atoms with Gasteiger partial charge in [0.05, 0.1) is 26.4 Å². The molecule has 0 saturated carbocycles. The van der Waals surface area contributed by atoms with E-state index in [0.717, 1.165) is 135 Å². The number of carbonyl (C=O) groups is 4. The fourth-order valence-corrected chi connectivity index (χ4v) is 11.7. The van der Waals surface area contributed by atoms with Gasteiger partial charge in [0, 0.05) is 25.7 Å². The van der Waals surface area contributed by atoms with Crippen molar-refractivity contribution in [3.05, 3.63) is 182 Å². The third kappa shape index (κ3) is 78.3. The average molecular weight is 1550 g/mol. The zero-order chi connectivity index (χ0) is 78.9. The molecule has 3 N–H and O–H groups in total. The van der Waals surface area contributed by atoms with E-state index in [0.29, 0.717) is 44.9 Å². The highest BCUT2D eigenvalue weighted by molar-refractivity contribution is 7.47. The summed E-state index contributed by atoms with van der Waals surface area (Å²) in [7, 11) is -10.0. The van der Waals surface area contributed by atoms with Crippen molar-refractivity contribution in [1.29, 1.82) is 0 Å². The summed E-state index contributed by atoms with van der Waals surface area (Å²) in [5, 5.41) is 10.7. The second-order valence-electron chi connectivity index (χ2n) is 26.6. The smallest absolute Gasteiger partial charge is 0.462 e. The van der Waals surface area contributed by atoms with Crippen LogP contribution in [-0.2, 0) is 65.4 Å². The number of aliphatic hydroxyl groups excluding tert-OH is 1. The lowest BCUT2D eigenvalue weighted by atomic mass is 10.1. The van der Waals surface area contributed by atoms with Crippen LogP contribution in [0.25, 0.3) is 0 Å². The molecule has 108 heavy (non-hydrogen) atoms. The van der Waals surface area contributed by atoms with Gasteiger partial charge in [-0.15, -0.1) is 0 Å². The predicted molar refractivity (Wildman–Crippen MR) is 445 cm³/mol. The number of unbranched alkanes of at least 4 members (excludes halogenated alkanes) is 19. The Hall–Kier alpha value is -5.84. The number of esters is 4. The highest BCUT2D eigenvalue weighted by Gasteiger charge is 2.30. The Morgan fingerprint density at radius 1 is 0.269 bits per heavy atom. The van der Waals surface area contributed by atoms with E-state index in [9.17, 15) is 43.2 Å². The predicted octanol–water partition coefficient (Wildman–Crippen LogP) is 24.3. The van der Waals surface area contributed by atoms with E-state index in [1.165, 1.54) is 64.2 Å². The van der Waals surface area contributed by atoms with Gasteiger partial charge in [0.2, 0.25) is 0 Å². The van der Waals surface area contributed by atoms with E-state index in [2.05, 4.69) is 167 Å². The molecule has 0 aromatic heterocycles. The maximum atomic E-state index is 13.1. The molecule has 0 aliphatic carbocycles. The second kappa shape index (κ2) is 79.3. The van der Waals surface area contributed by atoms with Crippen LogP contribution in [0.4, 0.5) is 0 Å². The molecule has 0 bridgehead atoms. The standard InChI is InChI=1S/C89H144O17P2/c1-5-9-13-17-21-25-29-33-37-40-41-44-48-52-56-60-64-68-72-76-89(94)106-85(80-100-87(92)74-70-66-62-58-54-50-46-42-38-34-30-26-22-18-14-10-6-2)82-104-108(97,98)102-78-83(90)77-101-107(95,96)103-81-84(79-99-86(91)73-69-65-61-57-53-49-45-36-32-28-24-20-16-12-8-4)105-88(93)75-71-67-63-59-55-51-47-43-39-35-31-27-23-19-15-11-7-3/h9,13,21-23,25-28,32-35,37-39,41,44,46-47,50-52,56,58-59,62-64,68,83-85,90H,5-8,10-12,14-20,24,29-31,36,40,42-43,45,48-49,53-55,57,60-61,65-67,69-82H2,1-4H3,(H,95,96)(H,97,98)/b13-9-,25-21-,26-22-,27-23-,32-28-,37-33-,38-34-,39-35-,44-41-,50-46-,51-47-,56-52-,62-58-,63-59-,68-64-/t83-,84+,85+/m0/s1. The van der Waals surface area contributed by atoms with Gasteiger partial charge in [-0.25, -0.2) is 9.13 Å². The number of hydrogen-bond donors (Lipinski definition) is 3. The quantitative estimate of drug-likeness (QED) is 0.0169. The molecule has 0 amide bonds. The second-order valence-corrected chi connectivity index (χ2v) is 29.5. The van der Waals surface area contributed by atoms with Crippen molar-refractivity contribution in [3.63, 3.8) is 0 Å². The molecule has 0 fully saturated rings. The monoisotopic (exact) mass is 1550 g/mol. The molecular formula is C89H144O17P2. The largest absolute Gasteiger partial charge is 0.472 e. The molecule has 0 aliphatic heterocycles. The molecule has 0 aromatic rings. The number of phosphoric ester groups is 2. The average Bonchev–Trinajstić information content (AvgIpc) is 0.903. The number of rotatable bonds is 75. The summed E-state index contributed by atoms with van der Waals surface area (Å²) >= 11 is 0. The minimum Gasteiger partial charge on any atom is -0.462 e. The minimum absolute atomic E-state index is 0.00938. The zero-order valence-corrected chi connectivity index (χ0v) is 68.7. The summed E-state index contributed by atoms with van der Waals surface area (Å²) in [5.41, 5.74) is 0. The van der Waals surface area contributed by atoms with E-state index in [-0.39, 0.29) is 25.7 Å². The van der Waals surface area contributed by atoms with Gasteiger partial charge in [-0.05, 0) is 167 Å². The van der Waals surface area contributed by atoms with Crippen molar-refractivity contribution in [3.8, 4) is 0 Å². The van der Waals surface area contributed by atoms with Gasteiger partial charge >= 0.3 is 39.5 Å². The molecule has 0 aliphatic rings. The highest BCUT2D eigenvalue weighted by Crippen LogP contribution is 2.45. The van der Waals surface area contributed by atoms with Gasteiger partial charge in [0.15, 0.2) is 12.2 Å². The summed E-state index contributed by atoms with van der Waals surface area (Å²) in [6.07, 6.45) is 96.1. The number of carbonyl (C=O) groups excluding carboxylic acids is 4. The molecule has 17 nitrogen and oxygen atoms in total. The Labute approximate surface area is 654 Å². The lowest BCUT2D eigenvalue weighted by Gasteiger charge is -2.21. The minimum atomic E-state index is -5.03. The number of hydrogen-bond acceptors (Lipinski definition) is 15. The van der Waals surface area contributed by atoms with Gasteiger partial charge in [0.1, 0.15) is 19.3 Å². The first-order valence-electron chi connectivity index (χ1n) is 41.0. The maximum absolute atomic E-state index is 13.1. The van der Waals surface area contributed by atoms with Crippen LogP contribution in [0.2, 0.25) is 0 Å². The first kappa shape index (κ1) is 102. The normalized spacial score (nSPS) is 14.8. The van der Waals surface area contributed by atoms with Gasteiger partial charge in [-0.3, -0.25) is 37.3 Å². The van der Waals surface area contributed by atoms with Crippen molar-refractivity contribution in [1.82, 2.24) is 0 Å². The van der Waals surface area contributed by atoms with Crippen molar-refractivity contribution >= 4 is 39.5 Å². The van der Waals surface area contributed by atoms with Crippen LogP contribution in [0.5, 0.6) is 0 Å². The zero-order valence-electron chi connectivity index (χ0n) is 66.9. The van der Waals surface area contributed by atoms with E-state index in [1.54, 1.807) is 0 Å². The lowest BCUT2D eigenvalue weighted by molar-refractivity contribution is -0.161. The Morgan fingerprint density at radius 2 is 0.509 bits per heavy atom. The highest BCUT2D eigenvalue weighted by atomic mass is 31.2. The van der Waals surface area contributed by atoms with E-state index in [4.69, 9.17) is 37.0 Å². The van der Waals surface area contributed by atoms with Crippen LogP contribution >= 0.6 is 15.6 Å². The first-order valence-corrected chi connectivity index (χ1v) is 44.0. The Bertz CT molecular complexity index is 2760. The molecule has 2 unspecified atom stereocenters. The topological polar surface area (TPSA) is 237 Å². The summed E-state index contributed by atoms with van der Waals surface area (Å²) < 4.78 is 68.5. The lowest BCUT2D eigenvalue weighted by Crippen LogP contribution is -2.30. The SMILES string of the molecule is CC/C=C\C/C=C\C/C=C\C/C=C\C/C=C\C/C=C\CCC(=O)O[C@H](COC(=O)CCC/C=C\C/C=C\C/C=C\C/C=C\CCCCC)COP(=O)(O)OC[C@@H](O)COP(=O)(O)OC[C@@H](COC(=O)CCCCCCCCC/C=C\CCCCCC)OC(=O)CCC/C=C\C/C=C\C/C=C\C/C=C\CCCCC. The van der Waals surface area contributed by atoms with Crippen molar-refractivity contribution in [2.24, 2.45) is 0 Å². The van der Waals surface area contributed by atoms with Gasteiger partial charge in [-0.2, -0.15) is 0 Å². The van der Waals surface area contributed by atoms with E-state index in [1.807, 2.05) is 42.5 Å². The van der Waals surface area contributed by atoms with Gasteiger partial charge in [-0.1, -0.05) is 287 Å². The molecule has 0 spiro atoms. The summed E-state index contributed by atoms with van der Waals surface area (Å²) in [6.45, 7) is 4.46. The number of allylic oxidation sites excluding steroid dienone is 30. The third-order valence-electron chi connectivity index (χ3n) is 16.3. The first-order chi connectivity index (χ1) is 52.7. The van der Waals surface area contributed by atoms with Crippen LogP contribution in [0.15, 0.2) is 182 Å². The maximum Gasteiger partial charge on any atom is 0.472 e. The van der Waals surface area contributed by atoms with Gasteiger partial charge < -0.3 is 33.8 Å². The summed E-state index contributed by atoms with van der Waals surface area (Å²) in [5.74, 6) is -2.42. The molecule has 0 rings (SSSR count). The molecule has 0 heterocycles. The van der Waals surface area contributed by atoms with Crippen molar-refractivity contribution in [2.75, 3.05) is 39.6 Å². The van der Waals surface area contributed by atoms with Crippen LogP contribution in [0.3, 0.4) is 0 Å². The van der Waals surface area contributed by atoms with Crippen LogP contribution < -0.4 is 0 Å². The van der Waals surface area contributed by atoms with Crippen LogP contribution in [-0.4, -0.2) is 96.7 Å². The van der Waals surface area contributed by atoms with Crippen LogP contribution in [0.1, 0.15) is 297 Å². The molecule has 0 radical (unpaired) electrons. The van der Waals surface area contributed by atoms with Crippen LogP contribution in [0, 0.1) is 0 Å². The summed E-state index contributed by atoms with van der Waals surface area (Å²) in [6, 6.07) is 0. The molecule has 612 valence electrons. The Morgan fingerprint density at radius 3 is 0.861 bits per heavy atom. The molecule has 0 aromatic carbocycles. The number of phosphoric acid groups is 2. The van der Waals surface area contributed by atoms with Crippen molar-refractivity contribution in [2.45, 2.75) is 316 Å². The summed E-state index contributed by atoms with van der Waals surface area (Å²) in [4.78, 5) is 73.1. The van der Waals surface area contributed by atoms with Gasteiger partial charge in [0.25, 0.3) is 0 Å². The molecule has 5 atom stereocenters. The molecule has 0 saturated heterocycles. The number of aliphatic hydroxyl groups is 1. The Balaban J connectivity index is 5.57. The molecule has 19 heteroatoms. The van der Waals surface area contributed by atoms with E-state index < -0.39 is 97.5 Å². The number of ether oxygens (including phenoxy) is 4. The molecular weight excluding hydrogens is 1400 g/mol. The fraction of sp³-hybridized carbons (Fsp3) is 0.618. The Kier molecular flexibility index (Phi) is 75.0.